The van der Waals surface area contributed by atoms with E-state index in [0.29, 0.717) is 24.2 Å². The smallest absolute Gasteiger partial charge is 0.218 e. The highest BCUT2D eigenvalue weighted by Crippen LogP contribution is 2.23. The van der Waals surface area contributed by atoms with Gasteiger partial charge in [0.25, 0.3) is 0 Å². The van der Waals surface area contributed by atoms with Crippen molar-refractivity contribution >= 4 is 22.4 Å². The molecule has 1 fully saturated rings. The molecule has 5 nitrogen and oxygen atoms in total. The Bertz CT molecular complexity index is 625. The molecule has 0 amide bonds. The van der Waals surface area contributed by atoms with Crippen LogP contribution in [0, 0.1) is 17.2 Å². The second-order valence-electron chi connectivity index (χ2n) is 5.33. The van der Waals surface area contributed by atoms with Crippen LogP contribution in [0.4, 0.5) is 0 Å². The molecule has 1 aliphatic rings. The normalized spacial score (nSPS) is 20.5. The number of benzene rings is 1. The monoisotopic (exact) mass is 329 g/mol. The largest absolute Gasteiger partial charge is 0.328 e. The van der Waals surface area contributed by atoms with Crippen molar-refractivity contribution in [3.63, 3.8) is 0 Å². The first kappa shape index (κ1) is 17.9. The summed E-state index contributed by atoms with van der Waals surface area (Å²) in [6, 6.07) is 8.76. The van der Waals surface area contributed by atoms with E-state index in [1.807, 2.05) is 13.0 Å². The van der Waals surface area contributed by atoms with Crippen LogP contribution in [-0.4, -0.2) is 31.9 Å². The van der Waals surface area contributed by atoms with Gasteiger partial charge in [-0.3, -0.25) is 0 Å². The van der Waals surface area contributed by atoms with Crippen LogP contribution in [0.2, 0.25) is 0 Å². The van der Waals surface area contributed by atoms with Crippen molar-refractivity contribution < 1.29 is 8.42 Å². The van der Waals surface area contributed by atoms with Crippen LogP contribution in [0.3, 0.4) is 0 Å². The summed E-state index contributed by atoms with van der Waals surface area (Å²) in [4.78, 5) is 0. The Morgan fingerprint density at radius 1 is 1.52 bits per heavy atom. The van der Waals surface area contributed by atoms with Gasteiger partial charge in [0.05, 0.1) is 17.4 Å². The molecule has 21 heavy (non-hydrogen) atoms. The Labute approximate surface area is 132 Å². The predicted molar refractivity (Wildman–Crippen MR) is 84.4 cm³/mol. The summed E-state index contributed by atoms with van der Waals surface area (Å²) in [6.07, 6.45) is 0.815. The highest BCUT2D eigenvalue weighted by atomic mass is 35.5. The lowest BCUT2D eigenvalue weighted by molar-refractivity contribution is 0.428. The molecule has 116 valence electrons. The molecule has 0 aliphatic carbocycles. The Kier molecular flexibility index (Phi) is 6.17. The van der Waals surface area contributed by atoms with Crippen molar-refractivity contribution in [2.24, 2.45) is 11.7 Å². The van der Waals surface area contributed by atoms with Crippen LogP contribution in [0.25, 0.3) is 0 Å². The molecule has 7 heteroatoms. The third-order valence-corrected chi connectivity index (χ3v) is 5.55. The van der Waals surface area contributed by atoms with Gasteiger partial charge in [0.15, 0.2) is 0 Å². The summed E-state index contributed by atoms with van der Waals surface area (Å²) < 4.78 is 26.3. The summed E-state index contributed by atoms with van der Waals surface area (Å²) in [5.41, 5.74) is 6.96. The molecule has 0 spiro atoms. The van der Waals surface area contributed by atoms with E-state index in [2.05, 4.69) is 0 Å². The van der Waals surface area contributed by atoms with Gasteiger partial charge in [0, 0.05) is 19.1 Å². The summed E-state index contributed by atoms with van der Waals surface area (Å²) >= 11 is 0. The molecule has 1 aliphatic heterocycles. The number of sulfonamides is 1. The van der Waals surface area contributed by atoms with Crippen LogP contribution in [0.1, 0.15) is 24.5 Å². The minimum atomic E-state index is -3.34. The van der Waals surface area contributed by atoms with E-state index in [1.54, 1.807) is 24.3 Å². The molecule has 0 saturated carbocycles. The number of nitriles is 1. The van der Waals surface area contributed by atoms with Gasteiger partial charge in [0.1, 0.15) is 0 Å². The number of nitrogens with zero attached hydrogens (tertiary/aromatic N) is 2. The molecule has 0 aromatic heterocycles. The first-order valence-electron chi connectivity index (χ1n) is 6.65. The van der Waals surface area contributed by atoms with Gasteiger partial charge in [0.2, 0.25) is 10.0 Å². The first-order valence-corrected chi connectivity index (χ1v) is 8.26. The number of hydrogen-bond acceptors (Lipinski definition) is 4. The van der Waals surface area contributed by atoms with E-state index in [1.165, 1.54) is 4.31 Å². The maximum atomic E-state index is 12.4. The van der Waals surface area contributed by atoms with E-state index in [-0.39, 0.29) is 30.1 Å². The first-order chi connectivity index (χ1) is 9.42. The molecular formula is C14H20ClN3O2S. The third kappa shape index (κ3) is 4.42. The lowest BCUT2D eigenvalue weighted by Crippen LogP contribution is -2.33. The van der Waals surface area contributed by atoms with Crippen molar-refractivity contribution in [1.29, 1.82) is 5.26 Å². The molecule has 2 atom stereocenters. The summed E-state index contributed by atoms with van der Waals surface area (Å²) in [6.45, 7) is 2.95. The molecule has 2 rings (SSSR count). The second-order valence-corrected chi connectivity index (χ2v) is 7.30. The standard InChI is InChI=1S/C14H19N3O2S.ClH/c1-11(16)14-5-6-17(9-14)20(18,19)10-13-4-2-3-12(7-13)8-15;/h2-4,7,11,14H,5-6,9-10,16H2,1H3;1H. The average molecular weight is 330 g/mol. The van der Waals surface area contributed by atoms with Crippen molar-refractivity contribution in [3.05, 3.63) is 35.4 Å². The molecule has 1 aromatic carbocycles. The Balaban J connectivity index is 0.00000220. The zero-order valence-electron chi connectivity index (χ0n) is 11.9. The van der Waals surface area contributed by atoms with Gasteiger partial charge in [-0.2, -0.15) is 5.26 Å². The van der Waals surface area contributed by atoms with Crippen LogP contribution in [0.5, 0.6) is 0 Å². The molecule has 1 aromatic rings. The van der Waals surface area contributed by atoms with Crippen molar-refractivity contribution in [2.75, 3.05) is 13.1 Å². The maximum Gasteiger partial charge on any atom is 0.218 e. The van der Waals surface area contributed by atoms with Crippen molar-refractivity contribution in [2.45, 2.75) is 25.1 Å². The zero-order valence-corrected chi connectivity index (χ0v) is 13.5. The topological polar surface area (TPSA) is 87.2 Å². The van der Waals surface area contributed by atoms with Gasteiger partial charge in [-0.15, -0.1) is 12.4 Å². The Morgan fingerprint density at radius 2 is 2.24 bits per heavy atom. The van der Waals surface area contributed by atoms with E-state index in [0.717, 1.165) is 6.42 Å². The van der Waals surface area contributed by atoms with E-state index in [4.69, 9.17) is 11.0 Å². The number of halogens is 1. The summed E-state index contributed by atoms with van der Waals surface area (Å²) in [5, 5.41) is 8.84. The van der Waals surface area contributed by atoms with Crippen LogP contribution in [-0.2, 0) is 15.8 Å². The fourth-order valence-corrected chi connectivity index (χ4v) is 4.05. The average Bonchev–Trinajstić information content (AvgIpc) is 2.89. The Hall–Kier alpha value is -1.13. The molecular weight excluding hydrogens is 310 g/mol. The molecule has 1 saturated heterocycles. The molecule has 0 radical (unpaired) electrons. The lowest BCUT2D eigenvalue weighted by Gasteiger charge is -2.18. The highest BCUT2D eigenvalue weighted by Gasteiger charge is 2.32. The van der Waals surface area contributed by atoms with Gasteiger partial charge >= 0.3 is 0 Å². The number of hydrogen-bond donors (Lipinski definition) is 1. The molecule has 2 unspecified atom stereocenters. The van der Waals surface area contributed by atoms with E-state index < -0.39 is 10.0 Å². The van der Waals surface area contributed by atoms with Crippen LogP contribution < -0.4 is 5.73 Å². The molecule has 1 heterocycles. The maximum absolute atomic E-state index is 12.4. The Morgan fingerprint density at radius 3 is 2.81 bits per heavy atom. The third-order valence-electron chi connectivity index (χ3n) is 3.73. The lowest BCUT2D eigenvalue weighted by atomic mass is 10.0. The number of rotatable bonds is 4. The minimum Gasteiger partial charge on any atom is -0.328 e. The molecule has 0 bridgehead atoms. The second kappa shape index (κ2) is 7.23. The van der Waals surface area contributed by atoms with Crippen molar-refractivity contribution in [1.82, 2.24) is 4.31 Å². The van der Waals surface area contributed by atoms with Crippen LogP contribution in [0.15, 0.2) is 24.3 Å². The summed E-state index contributed by atoms with van der Waals surface area (Å²) in [7, 11) is -3.34. The van der Waals surface area contributed by atoms with Gasteiger partial charge < -0.3 is 5.73 Å². The highest BCUT2D eigenvalue weighted by molar-refractivity contribution is 7.88. The fraction of sp³-hybridized carbons (Fsp3) is 0.500. The van der Waals surface area contributed by atoms with Crippen LogP contribution >= 0.6 is 12.4 Å². The zero-order chi connectivity index (χ0) is 14.8. The van der Waals surface area contributed by atoms with Gasteiger partial charge in [-0.25, -0.2) is 12.7 Å². The van der Waals surface area contributed by atoms with E-state index >= 15 is 0 Å². The SMILES string of the molecule is CC(N)C1CCN(S(=O)(=O)Cc2cccc(C#N)c2)C1.Cl. The number of nitrogens with two attached hydrogens (primary N) is 1. The molecule has 2 N–H and O–H groups in total. The van der Waals surface area contributed by atoms with Gasteiger partial charge in [-0.05, 0) is 37.0 Å². The van der Waals surface area contributed by atoms with E-state index in [9.17, 15) is 8.42 Å². The van der Waals surface area contributed by atoms with Gasteiger partial charge in [-0.1, -0.05) is 12.1 Å². The predicted octanol–water partition coefficient (Wildman–Crippen LogP) is 1.48. The minimum absolute atomic E-state index is 0. The summed E-state index contributed by atoms with van der Waals surface area (Å²) in [5.74, 6) is 0.170. The fourth-order valence-electron chi connectivity index (χ4n) is 2.47. The quantitative estimate of drug-likeness (QED) is 0.906. The van der Waals surface area contributed by atoms with Crippen molar-refractivity contribution in [3.8, 4) is 6.07 Å².